The first kappa shape index (κ1) is 14.6. The highest BCUT2D eigenvalue weighted by Crippen LogP contribution is 2.27. The van der Waals surface area contributed by atoms with Crippen molar-refractivity contribution in [3.05, 3.63) is 29.8 Å². The van der Waals surface area contributed by atoms with Gasteiger partial charge < -0.3 is 5.32 Å². The third-order valence-corrected chi connectivity index (χ3v) is 4.39. The van der Waals surface area contributed by atoms with Crippen LogP contribution in [0.3, 0.4) is 0 Å². The summed E-state index contributed by atoms with van der Waals surface area (Å²) in [5.41, 5.74) is 1.40. The van der Waals surface area contributed by atoms with Gasteiger partial charge in [0.1, 0.15) is 0 Å². The zero-order chi connectivity index (χ0) is 12.5. The van der Waals surface area contributed by atoms with Crippen molar-refractivity contribution in [1.29, 1.82) is 0 Å². The Morgan fingerprint density at radius 2 is 1.94 bits per heavy atom. The summed E-state index contributed by atoms with van der Waals surface area (Å²) in [7, 11) is 0. The van der Waals surface area contributed by atoms with Crippen LogP contribution in [0.25, 0.3) is 0 Å². The molecule has 1 aromatic carbocycles. The molecule has 1 N–H and O–H groups in total. The zero-order valence-corrected chi connectivity index (χ0v) is 12.1. The van der Waals surface area contributed by atoms with E-state index in [-0.39, 0.29) is 0 Å². The minimum Gasteiger partial charge on any atom is -0.313 e. The molecule has 1 nitrogen and oxygen atoms in total. The lowest BCUT2D eigenvalue weighted by molar-refractivity contribution is 0.674. The average Bonchev–Trinajstić information content (AvgIpc) is 2.37. The minimum absolute atomic E-state index is 0.758. The molecule has 0 bridgehead atoms. The van der Waals surface area contributed by atoms with E-state index in [1.165, 1.54) is 29.7 Å². The summed E-state index contributed by atoms with van der Waals surface area (Å²) < 4.78 is 0. The van der Waals surface area contributed by atoms with E-state index in [2.05, 4.69) is 50.4 Å². The number of hydrogen-bond acceptors (Lipinski definition) is 2. The standard InChI is InChI=1S/C15H25NS/c1-4-10-16-12-13-8-7-9-15(11-13)17-14(5-2)6-3/h7-9,11,14,16H,4-6,10,12H2,1-3H3. The Morgan fingerprint density at radius 1 is 1.18 bits per heavy atom. The maximum Gasteiger partial charge on any atom is 0.0205 e. The molecule has 0 aliphatic heterocycles. The molecule has 0 aliphatic rings. The van der Waals surface area contributed by atoms with Gasteiger partial charge in [0.15, 0.2) is 0 Å². The van der Waals surface area contributed by atoms with Gasteiger partial charge in [0.25, 0.3) is 0 Å². The lowest BCUT2D eigenvalue weighted by atomic mass is 10.2. The summed E-state index contributed by atoms with van der Waals surface area (Å²) in [4.78, 5) is 1.41. The first-order valence-corrected chi connectivity index (χ1v) is 7.64. The predicted octanol–water partition coefficient (Wildman–Crippen LogP) is 4.47. The molecule has 0 fully saturated rings. The van der Waals surface area contributed by atoms with E-state index in [9.17, 15) is 0 Å². The number of hydrogen-bond donors (Lipinski definition) is 1. The Hall–Kier alpha value is -0.470. The van der Waals surface area contributed by atoms with E-state index in [0.717, 1.165) is 18.3 Å². The third-order valence-electron chi connectivity index (χ3n) is 2.87. The Kier molecular flexibility index (Phi) is 7.38. The molecule has 0 spiro atoms. The summed E-state index contributed by atoms with van der Waals surface area (Å²) in [6, 6.07) is 8.94. The molecule has 0 unspecified atom stereocenters. The number of nitrogens with one attached hydrogen (secondary N) is 1. The average molecular weight is 251 g/mol. The van der Waals surface area contributed by atoms with Crippen LogP contribution < -0.4 is 5.32 Å². The third kappa shape index (κ3) is 5.60. The minimum atomic E-state index is 0.758. The van der Waals surface area contributed by atoms with Gasteiger partial charge in [-0.15, -0.1) is 11.8 Å². The number of benzene rings is 1. The maximum atomic E-state index is 3.45. The highest BCUT2D eigenvalue weighted by Gasteiger charge is 2.05. The monoisotopic (exact) mass is 251 g/mol. The molecule has 0 radical (unpaired) electrons. The van der Waals surface area contributed by atoms with Crippen molar-refractivity contribution in [2.75, 3.05) is 6.54 Å². The Bertz CT molecular complexity index is 308. The van der Waals surface area contributed by atoms with E-state index in [4.69, 9.17) is 0 Å². The molecule has 0 saturated heterocycles. The topological polar surface area (TPSA) is 12.0 Å². The van der Waals surface area contributed by atoms with Crippen LogP contribution in [0.15, 0.2) is 29.2 Å². The van der Waals surface area contributed by atoms with Crippen LogP contribution in [-0.4, -0.2) is 11.8 Å². The summed E-state index contributed by atoms with van der Waals surface area (Å²) >= 11 is 2.01. The van der Waals surface area contributed by atoms with Gasteiger partial charge in [-0.25, -0.2) is 0 Å². The summed E-state index contributed by atoms with van der Waals surface area (Å²) in [5, 5.41) is 4.21. The second-order valence-corrected chi connectivity index (χ2v) is 5.75. The van der Waals surface area contributed by atoms with Crippen LogP contribution in [0.1, 0.15) is 45.6 Å². The number of thioether (sulfide) groups is 1. The van der Waals surface area contributed by atoms with E-state index < -0.39 is 0 Å². The Balaban J connectivity index is 2.52. The first-order chi connectivity index (χ1) is 8.30. The molecule has 0 saturated carbocycles. The van der Waals surface area contributed by atoms with Crippen molar-refractivity contribution >= 4 is 11.8 Å². The molecule has 17 heavy (non-hydrogen) atoms. The first-order valence-electron chi connectivity index (χ1n) is 6.76. The summed E-state index contributed by atoms with van der Waals surface area (Å²) in [6.45, 7) is 8.84. The quantitative estimate of drug-likeness (QED) is 0.540. The second-order valence-electron chi connectivity index (χ2n) is 4.38. The SMILES string of the molecule is CCCNCc1cccc(SC(CC)CC)c1. The van der Waals surface area contributed by atoms with Crippen molar-refractivity contribution in [1.82, 2.24) is 5.32 Å². The van der Waals surface area contributed by atoms with Gasteiger partial charge in [-0.1, -0.05) is 32.9 Å². The predicted molar refractivity (Wildman–Crippen MR) is 78.7 cm³/mol. The molecule has 2 heteroatoms. The van der Waals surface area contributed by atoms with Crippen LogP contribution in [-0.2, 0) is 6.54 Å². The molecule has 0 aliphatic carbocycles. The molecule has 0 amide bonds. The van der Waals surface area contributed by atoms with Crippen LogP contribution in [0, 0.1) is 0 Å². The van der Waals surface area contributed by atoms with Crippen molar-refractivity contribution in [2.45, 2.75) is 56.7 Å². The van der Waals surface area contributed by atoms with E-state index in [1.807, 2.05) is 11.8 Å². The fourth-order valence-corrected chi connectivity index (χ4v) is 2.88. The zero-order valence-electron chi connectivity index (χ0n) is 11.3. The molecule has 1 aromatic rings. The molecular weight excluding hydrogens is 226 g/mol. The lowest BCUT2D eigenvalue weighted by Crippen LogP contribution is -2.13. The molecule has 0 heterocycles. The van der Waals surface area contributed by atoms with Crippen molar-refractivity contribution < 1.29 is 0 Å². The van der Waals surface area contributed by atoms with Crippen LogP contribution in [0.4, 0.5) is 0 Å². The van der Waals surface area contributed by atoms with Gasteiger partial charge >= 0.3 is 0 Å². The van der Waals surface area contributed by atoms with Gasteiger partial charge in [-0.2, -0.15) is 0 Å². The summed E-state index contributed by atoms with van der Waals surface area (Å²) in [5.74, 6) is 0. The highest BCUT2D eigenvalue weighted by atomic mass is 32.2. The second kappa shape index (κ2) is 8.60. The molecule has 0 atom stereocenters. The van der Waals surface area contributed by atoms with Crippen molar-refractivity contribution in [3.8, 4) is 0 Å². The lowest BCUT2D eigenvalue weighted by Gasteiger charge is -2.12. The molecular formula is C15H25NS. The van der Waals surface area contributed by atoms with Crippen LogP contribution >= 0.6 is 11.8 Å². The normalized spacial score (nSPS) is 11.1. The molecule has 1 rings (SSSR count). The van der Waals surface area contributed by atoms with Gasteiger partial charge in [-0.3, -0.25) is 0 Å². The van der Waals surface area contributed by atoms with Crippen molar-refractivity contribution in [3.63, 3.8) is 0 Å². The fraction of sp³-hybridized carbons (Fsp3) is 0.600. The van der Waals surface area contributed by atoms with Gasteiger partial charge in [-0.05, 0) is 43.5 Å². The Morgan fingerprint density at radius 3 is 2.59 bits per heavy atom. The van der Waals surface area contributed by atoms with Gasteiger partial charge in [0.05, 0.1) is 0 Å². The summed E-state index contributed by atoms with van der Waals surface area (Å²) in [6.07, 6.45) is 3.70. The maximum absolute atomic E-state index is 3.45. The fourth-order valence-electron chi connectivity index (χ4n) is 1.79. The van der Waals surface area contributed by atoms with Crippen LogP contribution in [0.5, 0.6) is 0 Å². The molecule has 96 valence electrons. The number of rotatable bonds is 8. The Labute approximate surface area is 110 Å². The van der Waals surface area contributed by atoms with Crippen molar-refractivity contribution in [2.24, 2.45) is 0 Å². The van der Waals surface area contributed by atoms with E-state index in [0.29, 0.717) is 0 Å². The largest absolute Gasteiger partial charge is 0.313 e. The molecule has 0 aromatic heterocycles. The van der Waals surface area contributed by atoms with Crippen LogP contribution in [0.2, 0.25) is 0 Å². The van der Waals surface area contributed by atoms with Gasteiger partial charge in [0.2, 0.25) is 0 Å². The van der Waals surface area contributed by atoms with Gasteiger partial charge in [0, 0.05) is 16.7 Å². The smallest absolute Gasteiger partial charge is 0.0205 e. The van der Waals surface area contributed by atoms with E-state index >= 15 is 0 Å². The van der Waals surface area contributed by atoms with E-state index in [1.54, 1.807) is 0 Å². The highest BCUT2D eigenvalue weighted by molar-refractivity contribution is 8.00.